The molecular weight excluding hydrogens is 363 g/mol. The smallest absolute Gasteiger partial charge is 0.264 e. The Morgan fingerprint density at radius 2 is 2.15 bits per heavy atom. The van der Waals surface area contributed by atoms with E-state index in [-0.39, 0.29) is 11.7 Å². The van der Waals surface area contributed by atoms with Crippen molar-refractivity contribution >= 4 is 33.3 Å². The predicted molar refractivity (Wildman–Crippen MR) is 108 cm³/mol. The van der Waals surface area contributed by atoms with E-state index in [9.17, 15) is 9.18 Å². The summed E-state index contributed by atoms with van der Waals surface area (Å²) < 4.78 is 13.4. The molecule has 0 aliphatic carbocycles. The Balaban J connectivity index is 1.87. The molecule has 0 aliphatic rings. The summed E-state index contributed by atoms with van der Waals surface area (Å²) in [5, 5.41) is 4.10. The number of unbranched alkanes of at least 4 members (excludes halogenated alkanes) is 1. The number of carbonyl (C=O) groups is 1. The van der Waals surface area contributed by atoms with Crippen LogP contribution in [0.1, 0.15) is 40.6 Å². The maximum Gasteiger partial charge on any atom is 0.264 e. The van der Waals surface area contributed by atoms with Crippen LogP contribution in [0.5, 0.6) is 0 Å². The van der Waals surface area contributed by atoms with Gasteiger partial charge in [0.1, 0.15) is 22.8 Å². The minimum Gasteiger partial charge on any atom is -0.365 e. The van der Waals surface area contributed by atoms with E-state index in [1.54, 1.807) is 11.0 Å². The zero-order valence-electron chi connectivity index (χ0n) is 15.8. The third kappa shape index (κ3) is 4.24. The number of nitrogens with one attached hydrogen (secondary N) is 1. The molecule has 0 unspecified atom stereocenters. The fourth-order valence-corrected chi connectivity index (χ4v) is 4.06. The van der Waals surface area contributed by atoms with Crippen LogP contribution in [0.3, 0.4) is 0 Å². The Morgan fingerprint density at radius 1 is 1.33 bits per heavy atom. The molecule has 7 heteroatoms. The number of aromatic nitrogens is 2. The van der Waals surface area contributed by atoms with E-state index in [4.69, 9.17) is 0 Å². The van der Waals surface area contributed by atoms with Crippen LogP contribution >= 0.6 is 11.3 Å². The first-order chi connectivity index (χ1) is 13.0. The average Bonchev–Trinajstić information content (AvgIpc) is 3.01. The van der Waals surface area contributed by atoms with Crippen LogP contribution in [0.4, 0.5) is 10.2 Å². The lowest BCUT2D eigenvalue weighted by Gasteiger charge is -2.16. The summed E-state index contributed by atoms with van der Waals surface area (Å²) in [6.07, 6.45) is 3.51. The fraction of sp³-hybridized carbons (Fsp3) is 0.350. The highest BCUT2D eigenvalue weighted by Gasteiger charge is 2.21. The van der Waals surface area contributed by atoms with Gasteiger partial charge in [-0.3, -0.25) is 4.79 Å². The van der Waals surface area contributed by atoms with Crippen molar-refractivity contribution in [3.8, 4) is 0 Å². The van der Waals surface area contributed by atoms with Crippen LogP contribution in [-0.2, 0) is 6.54 Å². The van der Waals surface area contributed by atoms with Crippen molar-refractivity contribution in [3.63, 3.8) is 0 Å². The number of carbonyl (C=O) groups excluding carboxylic acids is 1. The van der Waals surface area contributed by atoms with E-state index in [1.165, 1.54) is 29.8 Å². The standard InChI is InChI=1S/C20H23FN4OS/c1-4-5-9-25(3)20(26)17-13(2)16-18(23-12-24-19(16)27-17)22-11-14-7-6-8-15(21)10-14/h6-8,10,12H,4-5,9,11H2,1-3H3,(H,22,23,24). The third-order valence-corrected chi connectivity index (χ3v) is 5.65. The highest BCUT2D eigenvalue weighted by atomic mass is 32.1. The van der Waals surface area contributed by atoms with Crippen molar-refractivity contribution in [3.05, 3.63) is 52.4 Å². The van der Waals surface area contributed by atoms with Crippen molar-refractivity contribution in [1.29, 1.82) is 0 Å². The van der Waals surface area contributed by atoms with Crippen LogP contribution in [0.15, 0.2) is 30.6 Å². The molecule has 142 valence electrons. The number of fused-ring (bicyclic) bond motifs is 1. The maximum absolute atomic E-state index is 13.4. The number of benzene rings is 1. The van der Waals surface area contributed by atoms with Gasteiger partial charge in [-0.25, -0.2) is 14.4 Å². The van der Waals surface area contributed by atoms with Crippen molar-refractivity contribution in [1.82, 2.24) is 14.9 Å². The van der Waals surface area contributed by atoms with Crippen LogP contribution in [0.2, 0.25) is 0 Å². The van der Waals surface area contributed by atoms with E-state index >= 15 is 0 Å². The fourth-order valence-electron chi connectivity index (χ4n) is 2.91. The number of aryl methyl sites for hydroxylation is 1. The van der Waals surface area contributed by atoms with Gasteiger partial charge in [0.05, 0.1) is 10.3 Å². The van der Waals surface area contributed by atoms with Gasteiger partial charge in [0, 0.05) is 20.1 Å². The predicted octanol–water partition coefficient (Wildman–Crippen LogP) is 4.62. The summed E-state index contributed by atoms with van der Waals surface area (Å²) >= 11 is 1.39. The number of rotatable bonds is 7. The van der Waals surface area contributed by atoms with Crippen LogP contribution in [0, 0.1) is 12.7 Å². The van der Waals surface area contributed by atoms with Crippen LogP contribution < -0.4 is 5.32 Å². The monoisotopic (exact) mass is 386 g/mol. The summed E-state index contributed by atoms with van der Waals surface area (Å²) in [6, 6.07) is 6.44. The summed E-state index contributed by atoms with van der Waals surface area (Å²) in [7, 11) is 1.83. The van der Waals surface area contributed by atoms with E-state index in [0.717, 1.165) is 40.7 Å². The lowest BCUT2D eigenvalue weighted by molar-refractivity contribution is 0.0797. The highest BCUT2D eigenvalue weighted by molar-refractivity contribution is 7.20. The summed E-state index contributed by atoms with van der Waals surface area (Å²) in [5.74, 6) is 0.408. The van der Waals surface area contributed by atoms with Gasteiger partial charge >= 0.3 is 0 Å². The summed E-state index contributed by atoms with van der Waals surface area (Å²) in [6.45, 7) is 5.21. The molecule has 0 aliphatic heterocycles. The van der Waals surface area contributed by atoms with Gasteiger partial charge < -0.3 is 10.2 Å². The van der Waals surface area contributed by atoms with Crippen molar-refractivity contribution in [2.24, 2.45) is 0 Å². The van der Waals surface area contributed by atoms with Crippen LogP contribution in [-0.4, -0.2) is 34.4 Å². The normalized spacial score (nSPS) is 11.0. The molecule has 5 nitrogen and oxygen atoms in total. The Morgan fingerprint density at radius 3 is 2.89 bits per heavy atom. The van der Waals surface area contributed by atoms with E-state index in [0.29, 0.717) is 17.2 Å². The number of hydrogen-bond acceptors (Lipinski definition) is 5. The molecule has 0 atom stereocenters. The van der Waals surface area contributed by atoms with E-state index < -0.39 is 0 Å². The first kappa shape index (κ1) is 19.2. The second kappa shape index (κ2) is 8.43. The number of thiophene rings is 1. The quantitative estimate of drug-likeness (QED) is 0.643. The molecule has 0 bridgehead atoms. The third-order valence-electron chi connectivity index (χ3n) is 4.46. The Kier molecular flexibility index (Phi) is 6.01. The molecule has 1 amide bonds. The largest absolute Gasteiger partial charge is 0.365 e. The number of hydrogen-bond donors (Lipinski definition) is 1. The van der Waals surface area contributed by atoms with Gasteiger partial charge in [-0.15, -0.1) is 11.3 Å². The molecule has 0 saturated carbocycles. The number of anilines is 1. The Hall–Kier alpha value is -2.54. The van der Waals surface area contributed by atoms with E-state index in [1.807, 2.05) is 20.0 Å². The lowest BCUT2D eigenvalue weighted by Crippen LogP contribution is -2.27. The highest BCUT2D eigenvalue weighted by Crippen LogP contribution is 2.34. The number of nitrogens with zero attached hydrogens (tertiary/aromatic N) is 3. The molecule has 2 aromatic heterocycles. The minimum absolute atomic E-state index is 0.0139. The zero-order chi connectivity index (χ0) is 19.4. The molecule has 0 fully saturated rings. The van der Waals surface area contributed by atoms with Gasteiger partial charge in [-0.2, -0.15) is 0 Å². The summed E-state index contributed by atoms with van der Waals surface area (Å²) in [5.41, 5.74) is 1.70. The minimum atomic E-state index is -0.267. The average molecular weight is 386 g/mol. The van der Waals surface area contributed by atoms with Crippen molar-refractivity contribution < 1.29 is 9.18 Å². The van der Waals surface area contributed by atoms with Gasteiger partial charge in [-0.05, 0) is 36.6 Å². The van der Waals surface area contributed by atoms with E-state index in [2.05, 4.69) is 22.2 Å². The summed E-state index contributed by atoms with van der Waals surface area (Å²) in [4.78, 5) is 24.7. The Labute approximate surface area is 162 Å². The lowest BCUT2D eigenvalue weighted by atomic mass is 10.1. The van der Waals surface area contributed by atoms with Gasteiger partial charge in [0.2, 0.25) is 0 Å². The second-order valence-electron chi connectivity index (χ2n) is 6.52. The molecular formula is C20H23FN4OS. The van der Waals surface area contributed by atoms with Gasteiger partial charge in [-0.1, -0.05) is 25.5 Å². The van der Waals surface area contributed by atoms with Crippen molar-refractivity contribution in [2.45, 2.75) is 33.2 Å². The molecule has 3 rings (SSSR count). The molecule has 27 heavy (non-hydrogen) atoms. The molecule has 2 heterocycles. The molecule has 0 radical (unpaired) electrons. The molecule has 1 aromatic carbocycles. The van der Waals surface area contributed by atoms with Gasteiger partial charge in [0.25, 0.3) is 5.91 Å². The molecule has 0 saturated heterocycles. The zero-order valence-corrected chi connectivity index (χ0v) is 16.6. The van der Waals surface area contributed by atoms with Crippen LogP contribution in [0.25, 0.3) is 10.2 Å². The molecule has 3 aromatic rings. The second-order valence-corrected chi connectivity index (χ2v) is 7.52. The number of halogens is 1. The van der Waals surface area contributed by atoms with Crippen molar-refractivity contribution in [2.75, 3.05) is 18.9 Å². The SMILES string of the molecule is CCCCN(C)C(=O)c1sc2ncnc(NCc3cccc(F)c3)c2c1C. The number of amides is 1. The Bertz CT molecular complexity index is 956. The molecule has 0 spiro atoms. The first-order valence-electron chi connectivity index (χ1n) is 8.99. The maximum atomic E-state index is 13.4. The van der Waals surface area contributed by atoms with Gasteiger partial charge in [0.15, 0.2) is 0 Å². The topological polar surface area (TPSA) is 58.1 Å². The molecule has 1 N–H and O–H groups in total. The first-order valence-corrected chi connectivity index (χ1v) is 9.80.